The van der Waals surface area contributed by atoms with E-state index in [1.165, 1.54) is 0 Å². The van der Waals surface area contributed by atoms with Crippen molar-refractivity contribution >= 4 is 5.91 Å². The summed E-state index contributed by atoms with van der Waals surface area (Å²) in [6.45, 7) is 10.1. The summed E-state index contributed by atoms with van der Waals surface area (Å²) in [6, 6.07) is 9.83. The van der Waals surface area contributed by atoms with E-state index in [1.54, 1.807) is 10.9 Å². The van der Waals surface area contributed by atoms with Gasteiger partial charge in [0.2, 0.25) is 0 Å². The first-order valence-corrected chi connectivity index (χ1v) is 8.70. The number of aromatic nitrogens is 2. The predicted octanol–water partition coefficient (Wildman–Crippen LogP) is 2.02. The van der Waals surface area contributed by atoms with Crippen LogP contribution in [0.4, 0.5) is 0 Å². The first-order chi connectivity index (χ1) is 12.0. The van der Waals surface area contributed by atoms with Crippen LogP contribution in [0, 0.1) is 6.92 Å². The monoisotopic (exact) mass is 342 g/mol. The van der Waals surface area contributed by atoms with Crippen LogP contribution in [-0.2, 0) is 4.74 Å². The van der Waals surface area contributed by atoms with Crippen molar-refractivity contribution in [1.82, 2.24) is 20.0 Å². The molecule has 2 heterocycles. The zero-order valence-electron chi connectivity index (χ0n) is 15.2. The van der Waals surface area contributed by atoms with Gasteiger partial charge >= 0.3 is 0 Å². The van der Waals surface area contributed by atoms with Gasteiger partial charge in [0.05, 0.1) is 36.4 Å². The molecule has 1 aliphatic rings. The Morgan fingerprint density at radius 3 is 2.60 bits per heavy atom. The van der Waals surface area contributed by atoms with Gasteiger partial charge in [0, 0.05) is 25.2 Å². The first-order valence-electron chi connectivity index (χ1n) is 8.70. The van der Waals surface area contributed by atoms with E-state index in [4.69, 9.17) is 4.74 Å². The Kier molecular flexibility index (Phi) is 5.20. The predicted molar refractivity (Wildman–Crippen MR) is 97.1 cm³/mol. The van der Waals surface area contributed by atoms with Gasteiger partial charge in [0.15, 0.2) is 0 Å². The molecular formula is C19H26N4O2. The number of rotatable bonds is 5. The molecule has 2 aromatic rings. The number of hydrogen-bond donors (Lipinski definition) is 1. The molecule has 1 aliphatic heterocycles. The molecule has 1 fully saturated rings. The number of carbonyl (C=O) groups is 1. The summed E-state index contributed by atoms with van der Waals surface area (Å²) >= 11 is 0. The van der Waals surface area contributed by atoms with Gasteiger partial charge in [-0.25, -0.2) is 4.68 Å². The van der Waals surface area contributed by atoms with Crippen molar-refractivity contribution in [1.29, 1.82) is 0 Å². The summed E-state index contributed by atoms with van der Waals surface area (Å²) in [5.74, 6) is -0.0824. The van der Waals surface area contributed by atoms with Crippen LogP contribution in [0.5, 0.6) is 0 Å². The highest BCUT2D eigenvalue weighted by atomic mass is 16.5. The molecule has 1 amide bonds. The normalized spacial score (nSPS) is 16.0. The summed E-state index contributed by atoms with van der Waals surface area (Å²) in [6.07, 6.45) is 1.64. The number of para-hydroxylation sites is 1. The van der Waals surface area contributed by atoms with E-state index in [-0.39, 0.29) is 11.4 Å². The minimum absolute atomic E-state index is 0.0824. The van der Waals surface area contributed by atoms with Crippen LogP contribution in [0.15, 0.2) is 36.5 Å². The molecule has 0 unspecified atom stereocenters. The third kappa shape index (κ3) is 3.91. The molecule has 1 aromatic carbocycles. The largest absolute Gasteiger partial charge is 0.379 e. The molecule has 0 bridgehead atoms. The molecule has 25 heavy (non-hydrogen) atoms. The number of amides is 1. The lowest BCUT2D eigenvalue weighted by Crippen LogP contribution is -2.55. The average molecular weight is 342 g/mol. The smallest absolute Gasteiger partial charge is 0.254 e. The number of hydrogen-bond acceptors (Lipinski definition) is 4. The molecule has 1 aromatic heterocycles. The first kappa shape index (κ1) is 17.6. The highest BCUT2D eigenvalue weighted by Crippen LogP contribution is 2.17. The molecule has 0 radical (unpaired) electrons. The van der Waals surface area contributed by atoms with Crippen molar-refractivity contribution in [3.8, 4) is 5.69 Å². The van der Waals surface area contributed by atoms with Crippen LogP contribution < -0.4 is 5.32 Å². The Balaban J connectivity index is 1.67. The lowest BCUT2D eigenvalue weighted by Gasteiger charge is -2.40. The van der Waals surface area contributed by atoms with Gasteiger partial charge in [-0.05, 0) is 32.9 Å². The minimum Gasteiger partial charge on any atom is -0.379 e. The molecule has 6 heteroatoms. The molecule has 6 nitrogen and oxygen atoms in total. The number of benzene rings is 1. The molecule has 134 valence electrons. The van der Waals surface area contributed by atoms with Crippen molar-refractivity contribution in [3.63, 3.8) is 0 Å². The molecule has 0 atom stereocenters. The van der Waals surface area contributed by atoms with Crippen molar-refractivity contribution in [2.75, 3.05) is 32.8 Å². The van der Waals surface area contributed by atoms with E-state index in [0.717, 1.165) is 37.7 Å². The van der Waals surface area contributed by atoms with Crippen LogP contribution in [0.2, 0.25) is 0 Å². The Labute approximate surface area is 148 Å². The van der Waals surface area contributed by atoms with Crippen LogP contribution in [0.3, 0.4) is 0 Å². The molecule has 0 spiro atoms. The van der Waals surface area contributed by atoms with Crippen molar-refractivity contribution in [3.05, 3.63) is 47.8 Å². The van der Waals surface area contributed by atoms with Gasteiger partial charge in [-0.3, -0.25) is 9.69 Å². The van der Waals surface area contributed by atoms with Crippen LogP contribution in [-0.4, -0.2) is 59.0 Å². The number of morpholine rings is 1. The zero-order valence-corrected chi connectivity index (χ0v) is 15.2. The third-order valence-corrected chi connectivity index (χ3v) is 4.80. The van der Waals surface area contributed by atoms with Gasteiger partial charge in [0.25, 0.3) is 5.91 Å². The lowest BCUT2D eigenvalue weighted by atomic mass is 10.0. The van der Waals surface area contributed by atoms with Crippen LogP contribution >= 0.6 is 0 Å². The van der Waals surface area contributed by atoms with Crippen molar-refractivity contribution in [2.24, 2.45) is 0 Å². The van der Waals surface area contributed by atoms with E-state index in [1.807, 2.05) is 37.3 Å². The number of nitrogens with one attached hydrogen (secondary N) is 1. The highest BCUT2D eigenvalue weighted by Gasteiger charge is 2.29. The van der Waals surface area contributed by atoms with Gasteiger partial charge in [-0.2, -0.15) is 5.10 Å². The molecule has 3 rings (SSSR count). The average Bonchev–Trinajstić information content (AvgIpc) is 3.03. The number of ether oxygens (including phenoxy) is 1. The fourth-order valence-corrected chi connectivity index (χ4v) is 3.13. The maximum absolute atomic E-state index is 12.6. The molecule has 1 N–H and O–H groups in total. The Morgan fingerprint density at radius 1 is 1.24 bits per heavy atom. The Bertz CT molecular complexity index is 718. The maximum atomic E-state index is 12.6. The summed E-state index contributed by atoms with van der Waals surface area (Å²) in [7, 11) is 0. The van der Waals surface area contributed by atoms with Gasteiger partial charge < -0.3 is 10.1 Å². The van der Waals surface area contributed by atoms with E-state index >= 15 is 0 Å². The standard InChI is InChI=1S/C19H26N4O2/c1-15-17(13-21-23(15)16-7-5-4-6-8-16)18(24)20-14-19(2,3)22-9-11-25-12-10-22/h4-8,13H,9-12,14H2,1-3H3,(H,20,24). The van der Waals surface area contributed by atoms with Gasteiger partial charge in [-0.1, -0.05) is 18.2 Å². The molecule has 0 saturated carbocycles. The fraction of sp³-hybridized carbons (Fsp3) is 0.474. The zero-order chi connectivity index (χ0) is 17.9. The Morgan fingerprint density at radius 2 is 1.92 bits per heavy atom. The molecule has 0 aliphatic carbocycles. The van der Waals surface area contributed by atoms with Gasteiger partial charge in [0.1, 0.15) is 0 Å². The Hall–Kier alpha value is -2.18. The number of nitrogens with zero attached hydrogens (tertiary/aromatic N) is 3. The second kappa shape index (κ2) is 7.37. The highest BCUT2D eigenvalue weighted by molar-refractivity contribution is 5.95. The van der Waals surface area contributed by atoms with Crippen LogP contribution in [0.1, 0.15) is 29.9 Å². The number of carbonyl (C=O) groups excluding carboxylic acids is 1. The summed E-state index contributed by atoms with van der Waals surface area (Å²) in [5.41, 5.74) is 2.30. The van der Waals surface area contributed by atoms with E-state index < -0.39 is 0 Å². The quantitative estimate of drug-likeness (QED) is 0.903. The second-order valence-corrected chi connectivity index (χ2v) is 6.99. The lowest BCUT2D eigenvalue weighted by molar-refractivity contribution is -0.00923. The van der Waals surface area contributed by atoms with E-state index in [2.05, 4.69) is 29.2 Å². The molecule has 1 saturated heterocycles. The van der Waals surface area contributed by atoms with E-state index in [0.29, 0.717) is 12.1 Å². The van der Waals surface area contributed by atoms with E-state index in [9.17, 15) is 4.79 Å². The fourth-order valence-electron chi connectivity index (χ4n) is 3.13. The topological polar surface area (TPSA) is 59.4 Å². The summed E-state index contributed by atoms with van der Waals surface area (Å²) in [5, 5.41) is 7.44. The van der Waals surface area contributed by atoms with Crippen LogP contribution in [0.25, 0.3) is 5.69 Å². The SMILES string of the molecule is Cc1c(C(=O)NCC(C)(C)N2CCOCC2)cnn1-c1ccccc1. The second-order valence-electron chi connectivity index (χ2n) is 6.99. The van der Waals surface area contributed by atoms with Crippen molar-refractivity contribution < 1.29 is 9.53 Å². The molecular weight excluding hydrogens is 316 g/mol. The summed E-state index contributed by atoms with van der Waals surface area (Å²) in [4.78, 5) is 15.0. The third-order valence-electron chi connectivity index (χ3n) is 4.80. The maximum Gasteiger partial charge on any atom is 0.254 e. The minimum atomic E-state index is -0.108. The van der Waals surface area contributed by atoms with Gasteiger partial charge in [-0.15, -0.1) is 0 Å². The summed E-state index contributed by atoms with van der Waals surface area (Å²) < 4.78 is 7.20. The van der Waals surface area contributed by atoms with Crippen molar-refractivity contribution in [2.45, 2.75) is 26.3 Å².